The van der Waals surface area contributed by atoms with Gasteiger partial charge in [-0.2, -0.15) is 0 Å². The van der Waals surface area contributed by atoms with E-state index < -0.39 is 0 Å². The molecule has 0 saturated heterocycles. The third kappa shape index (κ3) is 3.35. The Labute approximate surface area is 117 Å². The smallest absolute Gasteiger partial charge is 0.225 e. The van der Waals surface area contributed by atoms with Crippen LogP contribution >= 0.6 is 11.8 Å². The Hall–Kier alpha value is -1.81. The van der Waals surface area contributed by atoms with Crippen molar-refractivity contribution >= 4 is 18.0 Å². The van der Waals surface area contributed by atoms with Crippen molar-refractivity contribution in [1.29, 1.82) is 0 Å². The fourth-order valence-corrected chi connectivity index (χ4v) is 2.38. The van der Waals surface area contributed by atoms with Crippen LogP contribution in [0, 0.1) is 6.92 Å². The lowest BCUT2D eigenvalue weighted by Crippen LogP contribution is -2.03. The molecule has 1 heterocycles. The van der Waals surface area contributed by atoms with Crippen LogP contribution in [-0.2, 0) is 6.61 Å². The maximum absolute atomic E-state index is 11.2. The van der Waals surface area contributed by atoms with E-state index in [2.05, 4.69) is 4.98 Å². The molecule has 1 aromatic carbocycles. The third-order valence-electron chi connectivity index (χ3n) is 2.67. The predicted molar refractivity (Wildman–Crippen MR) is 76.9 cm³/mol. The van der Waals surface area contributed by atoms with Crippen LogP contribution in [0.3, 0.4) is 0 Å². The summed E-state index contributed by atoms with van der Waals surface area (Å²) >= 11 is 1.52. The topological polar surface area (TPSA) is 39.2 Å². The van der Waals surface area contributed by atoms with Gasteiger partial charge in [-0.05, 0) is 24.8 Å². The second-order valence-electron chi connectivity index (χ2n) is 4.08. The summed E-state index contributed by atoms with van der Waals surface area (Å²) < 4.78 is 5.68. The van der Waals surface area contributed by atoms with Gasteiger partial charge < -0.3 is 4.74 Å². The first-order chi connectivity index (χ1) is 9.24. The molecule has 0 amide bonds. The van der Waals surface area contributed by atoms with Crippen molar-refractivity contribution in [3.8, 4) is 5.88 Å². The third-order valence-corrected chi connectivity index (χ3v) is 3.45. The minimum absolute atomic E-state index is 0.406. The average Bonchev–Trinajstić information content (AvgIpc) is 2.45. The van der Waals surface area contributed by atoms with E-state index in [0.29, 0.717) is 18.1 Å². The SMILES string of the molecule is CSc1cc(C)nc(OCc2ccccc2)c1C=O. The Bertz CT molecular complexity index is 570. The van der Waals surface area contributed by atoms with Gasteiger partial charge in [-0.15, -0.1) is 11.8 Å². The largest absolute Gasteiger partial charge is 0.472 e. The first kappa shape index (κ1) is 13.6. The predicted octanol–water partition coefficient (Wildman–Crippen LogP) is 3.50. The summed E-state index contributed by atoms with van der Waals surface area (Å²) in [5.74, 6) is 0.406. The summed E-state index contributed by atoms with van der Waals surface area (Å²) in [5.41, 5.74) is 2.42. The molecular weight excluding hydrogens is 258 g/mol. The van der Waals surface area contributed by atoms with E-state index in [4.69, 9.17) is 4.74 Å². The van der Waals surface area contributed by atoms with Gasteiger partial charge in [-0.1, -0.05) is 30.3 Å². The highest BCUT2D eigenvalue weighted by Gasteiger charge is 2.11. The molecule has 4 heteroatoms. The fraction of sp³-hybridized carbons (Fsp3) is 0.200. The van der Waals surface area contributed by atoms with E-state index in [1.807, 2.05) is 49.6 Å². The number of pyridine rings is 1. The number of thioether (sulfide) groups is 1. The number of aromatic nitrogens is 1. The lowest BCUT2D eigenvalue weighted by molar-refractivity contribution is 0.111. The molecule has 1 aromatic heterocycles. The first-order valence-corrected chi connectivity index (χ1v) is 7.14. The molecule has 2 rings (SSSR count). The van der Waals surface area contributed by atoms with Gasteiger partial charge in [0.2, 0.25) is 5.88 Å². The quantitative estimate of drug-likeness (QED) is 0.617. The summed E-state index contributed by atoms with van der Waals surface area (Å²) in [5, 5.41) is 0. The molecule has 0 radical (unpaired) electrons. The zero-order valence-electron chi connectivity index (χ0n) is 10.9. The molecule has 0 aliphatic rings. The van der Waals surface area contributed by atoms with Crippen molar-refractivity contribution < 1.29 is 9.53 Å². The molecule has 19 heavy (non-hydrogen) atoms. The van der Waals surface area contributed by atoms with Gasteiger partial charge in [0.1, 0.15) is 6.61 Å². The second kappa shape index (κ2) is 6.38. The first-order valence-electron chi connectivity index (χ1n) is 5.92. The summed E-state index contributed by atoms with van der Waals surface area (Å²) in [6.45, 7) is 2.30. The van der Waals surface area contributed by atoms with E-state index in [9.17, 15) is 4.79 Å². The molecule has 2 aromatic rings. The lowest BCUT2D eigenvalue weighted by Gasteiger charge is -2.11. The molecule has 0 bridgehead atoms. The van der Waals surface area contributed by atoms with E-state index >= 15 is 0 Å². The molecule has 0 saturated carbocycles. The molecule has 98 valence electrons. The van der Waals surface area contributed by atoms with Gasteiger partial charge in [0, 0.05) is 10.6 Å². The number of hydrogen-bond donors (Lipinski definition) is 0. The number of rotatable bonds is 5. The van der Waals surface area contributed by atoms with Crippen LogP contribution in [0.15, 0.2) is 41.3 Å². The van der Waals surface area contributed by atoms with Gasteiger partial charge in [0.15, 0.2) is 6.29 Å². The van der Waals surface area contributed by atoms with Crippen molar-refractivity contribution in [2.75, 3.05) is 6.26 Å². The highest BCUT2D eigenvalue weighted by molar-refractivity contribution is 7.98. The lowest BCUT2D eigenvalue weighted by atomic mass is 10.2. The summed E-state index contributed by atoms with van der Waals surface area (Å²) in [6, 6.07) is 11.7. The highest BCUT2D eigenvalue weighted by atomic mass is 32.2. The Morgan fingerprint density at radius 1 is 1.32 bits per heavy atom. The molecule has 3 nitrogen and oxygen atoms in total. The number of aryl methyl sites for hydroxylation is 1. The number of carbonyl (C=O) groups is 1. The zero-order valence-corrected chi connectivity index (χ0v) is 11.7. The minimum atomic E-state index is 0.406. The summed E-state index contributed by atoms with van der Waals surface area (Å²) in [6.07, 6.45) is 2.74. The normalized spacial score (nSPS) is 10.2. The van der Waals surface area contributed by atoms with Gasteiger partial charge in [0.25, 0.3) is 0 Å². The average molecular weight is 273 g/mol. The number of nitrogens with zero attached hydrogens (tertiary/aromatic N) is 1. The van der Waals surface area contributed by atoms with E-state index in [-0.39, 0.29) is 0 Å². The van der Waals surface area contributed by atoms with E-state index in [1.165, 1.54) is 11.8 Å². The van der Waals surface area contributed by atoms with Crippen molar-refractivity contribution in [2.45, 2.75) is 18.4 Å². The molecule has 0 fully saturated rings. The molecule has 0 atom stereocenters. The number of ether oxygens (including phenoxy) is 1. The van der Waals surface area contributed by atoms with Crippen LogP contribution in [-0.4, -0.2) is 17.5 Å². The van der Waals surface area contributed by atoms with Crippen LogP contribution in [0.1, 0.15) is 21.6 Å². The monoisotopic (exact) mass is 273 g/mol. The fourth-order valence-electron chi connectivity index (χ4n) is 1.74. The van der Waals surface area contributed by atoms with Crippen molar-refractivity contribution in [3.05, 3.63) is 53.2 Å². The molecule has 0 aliphatic heterocycles. The molecule has 0 spiro atoms. The maximum Gasteiger partial charge on any atom is 0.225 e. The Balaban J connectivity index is 2.24. The molecule has 0 unspecified atom stereocenters. The Morgan fingerprint density at radius 3 is 2.68 bits per heavy atom. The maximum atomic E-state index is 11.2. The minimum Gasteiger partial charge on any atom is -0.472 e. The van der Waals surface area contributed by atoms with E-state index in [0.717, 1.165) is 22.4 Å². The van der Waals surface area contributed by atoms with E-state index in [1.54, 1.807) is 0 Å². The summed E-state index contributed by atoms with van der Waals surface area (Å²) in [4.78, 5) is 16.4. The highest BCUT2D eigenvalue weighted by Crippen LogP contribution is 2.27. The van der Waals surface area contributed by atoms with Gasteiger partial charge in [0.05, 0.1) is 5.56 Å². The number of carbonyl (C=O) groups excluding carboxylic acids is 1. The number of aldehydes is 1. The van der Waals surface area contributed by atoms with Crippen molar-refractivity contribution in [3.63, 3.8) is 0 Å². The van der Waals surface area contributed by atoms with Gasteiger partial charge >= 0.3 is 0 Å². The molecular formula is C15H15NO2S. The Kier molecular flexibility index (Phi) is 4.58. The van der Waals surface area contributed by atoms with Crippen LogP contribution in [0.25, 0.3) is 0 Å². The van der Waals surface area contributed by atoms with Crippen molar-refractivity contribution in [1.82, 2.24) is 4.98 Å². The number of benzene rings is 1. The molecule has 0 N–H and O–H groups in total. The Morgan fingerprint density at radius 2 is 2.05 bits per heavy atom. The van der Waals surface area contributed by atoms with Crippen LogP contribution in [0.2, 0.25) is 0 Å². The standard InChI is InChI=1S/C15H15NO2S/c1-11-8-14(19-2)13(9-17)15(16-11)18-10-12-6-4-3-5-7-12/h3-9H,10H2,1-2H3. The van der Waals surface area contributed by atoms with Gasteiger partial charge in [-0.25, -0.2) is 4.98 Å². The van der Waals surface area contributed by atoms with Crippen LogP contribution in [0.4, 0.5) is 0 Å². The second-order valence-corrected chi connectivity index (χ2v) is 4.92. The van der Waals surface area contributed by atoms with Crippen molar-refractivity contribution in [2.24, 2.45) is 0 Å². The van der Waals surface area contributed by atoms with Gasteiger partial charge in [-0.3, -0.25) is 4.79 Å². The zero-order chi connectivity index (χ0) is 13.7. The van der Waals surface area contributed by atoms with Crippen LogP contribution in [0.5, 0.6) is 5.88 Å². The molecule has 0 aliphatic carbocycles. The van der Waals surface area contributed by atoms with Crippen LogP contribution < -0.4 is 4.74 Å². The number of hydrogen-bond acceptors (Lipinski definition) is 4. The summed E-state index contributed by atoms with van der Waals surface area (Å²) in [7, 11) is 0.